The Morgan fingerprint density at radius 3 is 3.11 bits per heavy atom. The third kappa shape index (κ3) is 1.63. The van der Waals surface area contributed by atoms with Crippen LogP contribution in [0.1, 0.15) is 18.7 Å². The van der Waals surface area contributed by atoms with Crippen molar-refractivity contribution < 1.29 is 4.42 Å². The molecule has 4 heterocycles. The largest absolute Gasteiger partial charge is 0.416 e. The maximum Gasteiger partial charge on any atom is 0.283 e. The minimum atomic E-state index is -0.0775. The molecule has 1 aliphatic rings. The summed E-state index contributed by atoms with van der Waals surface area (Å²) in [4.78, 5) is 22.0. The molecule has 1 aliphatic heterocycles. The van der Waals surface area contributed by atoms with Crippen LogP contribution < -0.4 is 5.56 Å². The molecule has 0 atom stereocenters. The van der Waals surface area contributed by atoms with Crippen molar-refractivity contribution in [2.45, 2.75) is 25.8 Å². The zero-order valence-corrected chi connectivity index (χ0v) is 10.9. The normalized spacial score (nSPS) is 14.7. The van der Waals surface area contributed by atoms with E-state index in [0.717, 1.165) is 36.5 Å². The second kappa shape index (κ2) is 4.03. The van der Waals surface area contributed by atoms with E-state index in [0.29, 0.717) is 17.1 Å². The third-order valence-corrected chi connectivity index (χ3v) is 4.22. The molecule has 4 rings (SSSR count). The summed E-state index contributed by atoms with van der Waals surface area (Å²) in [6.45, 7) is 0.734. The number of nitrogens with zero attached hydrogens (tertiary/aromatic N) is 3. The van der Waals surface area contributed by atoms with E-state index in [1.54, 1.807) is 4.57 Å². The summed E-state index contributed by atoms with van der Waals surface area (Å²) in [5.41, 5.74) is 0.627. The van der Waals surface area contributed by atoms with E-state index in [1.807, 2.05) is 17.5 Å². The summed E-state index contributed by atoms with van der Waals surface area (Å²) in [7, 11) is 0. The predicted octanol–water partition coefficient (Wildman–Crippen LogP) is 2.45. The quantitative estimate of drug-likeness (QED) is 0.683. The zero-order chi connectivity index (χ0) is 12.8. The Bertz CT molecular complexity index is 801. The lowest BCUT2D eigenvalue weighted by Crippen LogP contribution is -2.28. The molecule has 0 amide bonds. The van der Waals surface area contributed by atoms with E-state index in [4.69, 9.17) is 4.42 Å². The van der Waals surface area contributed by atoms with E-state index in [1.165, 1.54) is 11.3 Å². The SMILES string of the molecule is O=c1c2nc(-c3cccs3)oc2nc2n1CCCC2. The van der Waals surface area contributed by atoms with Gasteiger partial charge >= 0.3 is 0 Å². The number of thiophene rings is 1. The standard InChI is InChI=1S/C13H11N3O2S/c17-13-10-12(14-9-5-1-2-6-16(9)13)18-11(15-10)8-4-3-7-19-8/h3-4,7H,1-2,5-6H2. The van der Waals surface area contributed by atoms with Crippen molar-refractivity contribution in [1.82, 2.24) is 14.5 Å². The summed E-state index contributed by atoms with van der Waals surface area (Å²) < 4.78 is 7.36. The van der Waals surface area contributed by atoms with Crippen LogP contribution in [0.2, 0.25) is 0 Å². The molecule has 0 aromatic carbocycles. The van der Waals surface area contributed by atoms with Crippen molar-refractivity contribution in [3.8, 4) is 10.8 Å². The fourth-order valence-corrected chi connectivity index (χ4v) is 3.08. The van der Waals surface area contributed by atoms with Gasteiger partial charge in [-0.15, -0.1) is 11.3 Å². The lowest BCUT2D eigenvalue weighted by atomic mass is 10.1. The first-order valence-electron chi connectivity index (χ1n) is 6.27. The zero-order valence-electron chi connectivity index (χ0n) is 10.1. The molecule has 19 heavy (non-hydrogen) atoms. The number of fused-ring (bicyclic) bond motifs is 2. The molecule has 0 unspecified atom stereocenters. The van der Waals surface area contributed by atoms with Crippen molar-refractivity contribution in [3.05, 3.63) is 33.7 Å². The average molecular weight is 273 g/mol. The molecule has 0 saturated carbocycles. The topological polar surface area (TPSA) is 60.9 Å². The maximum atomic E-state index is 12.4. The fraction of sp³-hybridized carbons (Fsp3) is 0.308. The highest BCUT2D eigenvalue weighted by Gasteiger charge is 2.19. The van der Waals surface area contributed by atoms with E-state index in [-0.39, 0.29) is 5.56 Å². The first kappa shape index (κ1) is 10.9. The van der Waals surface area contributed by atoms with Gasteiger partial charge in [0.25, 0.3) is 11.3 Å². The van der Waals surface area contributed by atoms with Gasteiger partial charge in [-0.3, -0.25) is 9.36 Å². The first-order valence-corrected chi connectivity index (χ1v) is 7.15. The Labute approximate surface area is 112 Å². The molecule has 0 bridgehead atoms. The first-order chi connectivity index (χ1) is 9.33. The molecule has 0 saturated heterocycles. The van der Waals surface area contributed by atoms with Crippen LogP contribution in [0, 0.1) is 0 Å². The predicted molar refractivity (Wildman–Crippen MR) is 72.3 cm³/mol. The maximum absolute atomic E-state index is 12.4. The number of rotatable bonds is 1. The Kier molecular flexibility index (Phi) is 2.32. The van der Waals surface area contributed by atoms with Gasteiger partial charge < -0.3 is 4.42 Å². The summed E-state index contributed by atoms with van der Waals surface area (Å²) in [6, 6.07) is 3.85. The van der Waals surface area contributed by atoms with Crippen LogP contribution in [0.4, 0.5) is 0 Å². The van der Waals surface area contributed by atoms with Crippen LogP contribution in [-0.2, 0) is 13.0 Å². The second-order valence-electron chi connectivity index (χ2n) is 4.59. The lowest BCUT2D eigenvalue weighted by molar-refractivity contribution is 0.494. The molecule has 0 radical (unpaired) electrons. The Morgan fingerprint density at radius 1 is 1.32 bits per heavy atom. The number of aryl methyl sites for hydroxylation is 1. The Hall–Kier alpha value is -1.95. The van der Waals surface area contributed by atoms with Crippen molar-refractivity contribution in [1.29, 1.82) is 0 Å². The van der Waals surface area contributed by atoms with Gasteiger partial charge in [0, 0.05) is 13.0 Å². The molecule has 96 valence electrons. The Morgan fingerprint density at radius 2 is 2.26 bits per heavy atom. The van der Waals surface area contributed by atoms with Crippen LogP contribution in [0.15, 0.2) is 26.7 Å². The van der Waals surface area contributed by atoms with Crippen molar-refractivity contribution in [2.75, 3.05) is 0 Å². The van der Waals surface area contributed by atoms with Gasteiger partial charge in [0.1, 0.15) is 5.82 Å². The molecular weight excluding hydrogens is 262 g/mol. The van der Waals surface area contributed by atoms with E-state index < -0.39 is 0 Å². The number of hydrogen-bond acceptors (Lipinski definition) is 5. The van der Waals surface area contributed by atoms with Gasteiger partial charge in [-0.25, -0.2) is 4.98 Å². The van der Waals surface area contributed by atoms with Gasteiger partial charge in [0.2, 0.25) is 5.89 Å². The van der Waals surface area contributed by atoms with Crippen molar-refractivity contribution in [2.24, 2.45) is 0 Å². The summed E-state index contributed by atoms with van der Waals surface area (Å²) in [5.74, 6) is 1.30. The van der Waals surface area contributed by atoms with Crippen LogP contribution in [-0.4, -0.2) is 14.5 Å². The van der Waals surface area contributed by atoms with E-state index in [9.17, 15) is 4.79 Å². The van der Waals surface area contributed by atoms with Crippen LogP contribution >= 0.6 is 11.3 Å². The highest BCUT2D eigenvalue weighted by atomic mass is 32.1. The second-order valence-corrected chi connectivity index (χ2v) is 5.54. The van der Waals surface area contributed by atoms with Gasteiger partial charge in [-0.2, -0.15) is 4.98 Å². The minimum absolute atomic E-state index is 0.0775. The van der Waals surface area contributed by atoms with Crippen LogP contribution in [0.3, 0.4) is 0 Å². The summed E-state index contributed by atoms with van der Waals surface area (Å²) >= 11 is 1.54. The highest BCUT2D eigenvalue weighted by molar-refractivity contribution is 7.13. The highest BCUT2D eigenvalue weighted by Crippen LogP contribution is 2.26. The fourth-order valence-electron chi connectivity index (χ4n) is 2.43. The molecule has 3 aromatic heterocycles. The molecule has 3 aromatic rings. The number of oxazole rings is 1. The van der Waals surface area contributed by atoms with Gasteiger partial charge in [0.15, 0.2) is 5.52 Å². The molecule has 0 N–H and O–H groups in total. The molecule has 5 nitrogen and oxygen atoms in total. The smallest absolute Gasteiger partial charge is 0.283 e. The monoisotopic (exact) mass is 273 g/mol. The van der Waals surface area contributed by atoms with Gasteiger partial charge in [-0.1, -0.05) is 6.07 Å². The lowest BCUT2D eigenvalue weighted by Gasteiger charge is -2.15. The summed E-state index contributed by atoms with van der Waals surface area (Å²) in [5, 5.41) is 1.95. The molecule has 0 aliphatic carbocycles. The molecular formula is C13H11N3O2S. The molecule has 0 fully saturated rings. The third-order valence-electron chi connectivity index (χ3n) is 3.36. The van der Waals surface area contributed by atoms with Crippen molar-refractivity contribution >= 4 is 22.6 Å². The van der Waals surface area contributed by atoms with E-state index >= 15 is 0 Å². The Balaban J connectivity index is 1.99. The summed E-state index contributed by atoms with van der Waals surface area (Å²) in [6.07, 6.45) is 2.93. The molecule has 0 spiro atoms. The van der Waals surface area contributed by atoms with Crippen LogP contribution in [0.5, 0.6) is 0 Å². The number of aromatic nitrogens is 3. The van der Waals surface area contributed by atoms with Gasteiger partial charge in [0.05, 0.1) is 4.88 Å². The molecule has 6 heteroatoms. The average Bonchev–Trinajstić information content (AvgIpc) is 3.07. The van der Waals surface area contributed by atoms with Crippen molar-refractivity contribution in [3.63, 3.8) is 0 Å². The minimum Gasteiger partial charge on any atom is -0.416 e. The number of hydrogen-bond donors (Lipinski definition) is 0. The van der Waals surface area contributed by atoms with Gasteiger partial charge in [-0.05, 0) is 24.3 Å². The van der Waals surface area contributed by atoms with Crippen LogP contribution in [0.25, 0.3) is 22.0 Å². The van der Waals surface area contributed by atoms with E-state index in [2.05, 4.69) is 9.97 Å².